The summed E-state index contributed by atoms with van der Waals surface area (Å²) in [5.74, 6) is 0.635. The van der Waals surface area contributed by atoms with Gasteiger partial charge in [-0.15, -0.1) is 11.6 Å². The van der Waals surface area contributed by atoms with E-state index >= 15 is 0 Å². The van der Waals surface area contributed by atoms with Crippen molar-refractivity contribution in [2.45, 2.75) is 19.3 Å². The lowest BCUT2D eigenvalue weighted by Gasteiger charge is -2.18. The maximum atomic E-state index is 11.5. The van der Waals surface area contributed by atoms with Crippen molar-refractivity contribution >= 4 is 23.4 Å². The highest BCUT2D eigenvalue weighted by Gasteiger charge is 2.17. The molecule has 5 heteroatoms. The van der Waals surface area contributed by atoms with Crippen LogP contribution in [0.25, 0.3) is 0 Å². The summed E-state index contributed by atoms with van der Waals surface area (Å²) in [7, 11) is 0. The van der Waals surface area contributed by atoms with E-state index in [4.69, 9.17) is 11.6 Å². The molecule has 0 atom stereocenters. The third-order valence-corrected chi connectivity index (χ3v) is 2.46. The second kappa shape index (κ2) is 5.86. The van der Waals surface area contributed by atoms with Crippen molar-refractivity contribution in [2.24, 2.45) is 0 Å². The van der Waals surface area contributed by atoms with E-state index in [1.807, 2.05) is 0 Å². The van der Waals surface area contributed by atoms with Crippen molar-refractivity contribution in [3.05, 3.63) is 0 Å². The fraction of sp³-hybridized carbons (Fsp3) is 0.778. The Morgan fingerprint density at radius 3 is 3.00 bits per heavy atom. The summed E-state index contributed by atoms with van der Waals surface area (Å²) in [6.45, 7) is 1.71. The Balaban J connectivity index is 2.35. The molecule has 0 aromatic rings. The predicted octanol–water partition coefficient (Wildman–Crippen LogP) is 0.354. The zero-order chi connectivity index (χ0) is 10.4. The van der Waals surface area contributed by atoms with Gasteiger partial charge in [0, 0.05) is 38.4 Å². The molecule has 0 aromatic heterocycles. The van der Waals surface area contributed by atoms with Crippen molar-refractivity contribution in [1.82, 2.24) is 10.2 Å². The van der Waals surface area contributed by atoms with Crippen LogP contribution in [0.1, 0.15) is 19.3 Å². The monoisotopic (exact) mass is 218 g/mol. The first kappa shape index (κ1) is 11.3. The van der Waals surface area contributed by atoms with Crippen LogP contribution >= 0.6 is 11.6 Å². The van der Waals surface area contributed by atoms with Gasteiger partial charge in [-0.25, -0.2) is 0 Å². The molecule has 2 amide bonds. The summed E-state index contributed by atoms with van der Waals surface area (Å²) in [6, 6.07) is 0. The Morgan fingerprint density at radius 2 is 2.29 bits per heavy atom. The van der Waals surface area contributed by atoms with E-state index in [0.717, 1.165) is 0 Å². The highest BCUT2D eigenvalue weighted by Crippen LogP contribution is 2.02. The summed E-state index contributed by atoms with van der Waals surface area (Å²) >= 11 is 5.50. The molecule has 14 heavy (non-hydrogen) atoms. The first-order chi connectivity index (χ1) is 6.74. The van der Waals surface area contributed by atoms with Crippen LogP contribution in [0.3, 0.4) is 0 Å². The van der Waals surface area contributed by atoms with Crippen LogP contribution in [0, 0.1) is 0 Å². The minimum Gasteiger partial charge on any atom is -0.354 e. The summed E-state index contributed by atoms with van der Waals surface area (Å²) < 4.78 is 0. The first-order valence-corrected chi connectivity index (χ1v) is 5.38. The number of amides is 2. The second-order valence-electron chi connectivity index (χ2n) is 3.27. The molecule has 0 unspecified atom stereocenters. The van der Waals surface area contributed by atoms with Gasteiger partial charge in [0.25, 0.3) is 0 Å². The first-order valence-electron chi connectivity index (χ1n) is 4.84. The van der Waals surface area contributed by atoms with Crippen LogP contribution in [0.2, 0.25) is 0 Å². The Morgan fingerprint density at radius 1 is 1.50 bits per heavy atom. The van der Waals surface area contributed by atoms with Crippen molar-refractivity contribution in [1.29, 1.82) is 0 Å². The number of alkyl halides is 1. The van der Waals surface area contributed by atoms with Crippen molar-refractivity contribution in [3.8, 4) is 0 Å². The van der Waals surface area contributed by atoms with Crippen LogP contribution in [0.5, 0.6) is 0 Å². The standard InChI is InChI=1S/C9H15ClN2O2/c10-4-1-2-9(14)12-6-3-8(13)11-5-7-12/h1-7H2,(H,11,13). The number of nitrogens with zero attached hydrogens (tertiary/aromatic N) is 1. The third-order valence-electron chi connectivity index (χ3n) is 2.19. The van der Waals surface area contributed by atoms with E-state index in [1.165, 1.54) is 0 Å². The molecule has 0 saturated carbocycles. The number of halogens is 1. The van der Waals surface area contributed by atoms with E-state index in [-0.39, 0.29) is 11.8 Å². The zero-order valence-corrected chi connectivity index (χ0v) is 8.85. The molecule has 0 radical (unpaired) electrons. The average Bonchev–Trinajstić information content (AvgIpc) is 2.39. The Bertz CT molecular complexity index is 221. The molecule has 1 aliphatic rings. The lowest BCUT2D eigenvalue weighted by atomic mass is 10.3. The van der Waals surface area contributed by atoms with Gasteiger partial charge < -0.3 is 10.2 Å². The maximum absolute atomic E-state index is 11.5. The van der Waals surface area contributed by atoms with Gasteiger partial charge in [-0.05, 0) is 6.42 Å². The van der Waals surface area contributed by atoms with Crippen LogP contribution in [0.4, 0.5) is 0 Å². The number of hydrogen-bond donors (Lipinski definition) is 1. The topological polar surface area (TPSA) is 49.4 Å². The number of carbonyl (C=O) groups is 2. The minimum absolute atomic E-state index is 0.0256. The summed E-state index contributed by atoms with van der Waals surface area (Å²) in [4.78, 5) is 24.3. The van der Waals surface area contributed by atoms with Gasteiger partial charge >= 0.3 is 0 Å². The van der Waals surface area contributed by atoms with Crippen LogP contribution < -0.4 is 5.32 Å². The molecule has 0 aliphatic carbocycles. The quantitative estimate of drug-likeness (QED) is 0.696. The normalized spacial score (nSPS) is 17.5. The maximum Gasteiger partial charge on any atom is 0.222 e. The lowest BCUT2D eigenvalue weighted by molar-refractivity contribution is -0.131. The second-order valence-corrected chi connectivity index (χ2v) is 3.65. The summed E-state index contributed by atoms with van der Waals surface area (Å²) in [6.07, 6.45) is 1.60. The predicted molar refractivity (Wildman–Crippen MR) is 54.2 cm³/mol. The fourth-order valence-electron chi connectivity index (χ4n) is 1.39. The van der Waals surface area contributed by atoms with Gasteiger partial charge in [-0.3, -0.25) is 9.59 Å². The average molecular weight is 219 g/mol. The fourth-order valence-corrected chi connectivity index (χ4v) is 1.53. The van der Waals surface area contributed by atoms with E-state index in [1.54, 1.807) is 4.90 Å². The van der Waals surface area contributed by atoms with E-state index < -0.39 is 0 Å². The molecule has 1 saturated heterocycles. The van der Waals surface area contributed by atoms with Gasteiger partial charge in [0.2, 0.25) is 11.8 Å². The molecular formula is C9H15ClN2O2. The van der Waals surface area contributed by atoms with E-state index in [9.17, 15) is 9.59 Å². The number of nitrogens with one attached hydrogen (secondary N) is 1. The van der Waals surface area contributed by atoms with Crippen molar-refractivity contribution in [3.63, 3.8) is 0 Å². The molecule has 1 N–H and O–H groups in total. The summed E-state index contributed by atoms with van der Waals surface area (Å²) in [5, 5.41) is 2.73. The Hall–Kier alpha value is -0.770. The van der Waals surface area contributed by atoms with Gasteiger partial charge in [0.05, 0.1) is 0 Å². The van der Waals surface area contributed by atoms with Gasteiger partial charge in [-0.2, -0.15) is 0 Å². The molecule has 1 heterocycles. The molecule has 1 fully saturated rings. The van der Waals surface area contributed by atoms with Crippen LogP contribution in [-0.4, -0.2) is 42.2 Å². The largest absolute Gasteiger partial charge is 0.354 e. The molecule has 80 valence electrons. The van der Waals surface area contributed by atoms with Crippen LogP contribution in [-0.2, 0) is 9.59 Å². The van der Waals surface area contributed by atoms with Crippen molar-refractivity contribution < 1.29 is 9.59 Å². The number of rotatable bonds is 3. The number of hydrogen-bond acceptors (Lipinski definition) is 2. The molecule has 4 nitrogen and oxygen atoms in total. The molecule has 0 aromatic carbocycles. The molecule has 0 bridgehead atoms. The molecule has 1 rings (SSSR count). The van der Waals surface area contributed by atoms with Gasteiger partial charge in [0.15, 0.2) is 0 Å². The van der Waals surface area contributed by atoms with E-state index in [2.05, 4.69) is 5.32 Å². The lowest BCUT2D eigenvalue weighted by Crippen LogP contribution is -2.34. The van der Waals surface area contributed by atoms with Crippen molar-refractivity contribution in [2.75, 3.05) is 25.5 Å². The summed E-state index contributed by atoms with van der Waals surface area (Å²) in [5.41, 5.74) is 0. The van der Waals surface area contributed by atoms with Gasteiger partial charge in [-0.1, -0.05) is 0 Å². The molecule has 0 spiro atoms. The third kappa shape index (κ3) is 3.54. The van der Waals surface area contributed by atoms with Crippen LogP contribution in [0.15, 0.2) is 0 Å². The highest BCUT2D eigenvalue weighted by atomic mass is 35.5. The molecular weight excluding hydrogens is 204 g/mol. The van der Waals surface area contributed by atoms with E-state index in [0.29, 0.717) is 44.8 Å². The smallest absolute Gasteiger partial charge is 0.222 e. The Labute approximate surface area is 88.6 Å². The number of carbonyl (C=O) groups excluding carboxylic acids is 2. The molecule has 1 aliphatic heterocycles. The Kier molecular flexibility index (Phi) is 4.73. The SMILES string of the molecule is O=C1CCN(C(=O)CCCCl)CCN1. The minimum atomic E-state index is 0.0256. The zero-order valence-electron chi connectivity index (χ0n) is 8.09. The van der Waals surface area contributed by atoms with Gasteiger partial charge in [0.1, 0.15) is 0 Å². The highest BCUT2D eigenvalue weighted by molar-refractivity contribution is 6.17.